The Labute approximate surface area is 241 Å². The molecule has 0 saturated carbocycles. The first-order valence-corrected chi connectivity index (χ1v) is 13.3. The molecule has 1 unspecified atom stereocenters. The van der Waals surface area contributed by atoms with Gasteiger partial charge in [-0.1, -0.05) is 67.8 Å². The predicted molar refractivity (Wildman–Crippen MR) is 163 cm³/mol. The Morgan fingerprint density at radius 1 is 0.829 bits per heavy atom. The van der Waals surface area contributed by atoms with Gasteiger partial charge < -0.3 is 19.1 Å². The molecule has 6 heteroatoms. The second-order valence-corrected chi connectivity index (χ2v) is 9.48. The molecule has 41 heavy (non-hydrogen) atoms. The summed E-state index contributed by atoms with van der Waals surface area (Å²) in [5, 5.41) is 0. The topological polar surface area (TPSA) is 65.1 Å². The molecule has 0 aromatic heterocycles. The minimum absolute atomic E-state index is 0.00497. The SMILES string of the molecule is C=CC(=O)OC(COC(=O)C(=C)C)COc1ccc(-c2ccc(N(c3ccccc3)c3ccccc3)c(C)c2)cc1. The Balaban J connectivity index is 1.48. The minimum Gasteiger partial charge on any atom is -0.490 e. The number of carbonyl (C=O) groups excluding carboxylic acids is 2. The maximum absolute atomic E-state index is 11.7. The number of nitrogens with zero attached hydrogens (tertiary/aromatic N) is 1. The molecule has 0 spiro atoms. The highest BCUT2D eigenvalue weighted by atomic mass is 16.6. The summed E-state index contributed by atoms with van der Waals surface area (Å²) in [6.07, 6.45) is 0.255. The zero-order valence-corrected chi connectivity index (χ0v) is 23.3. The number of ether oxygens (including phenoxy) is 3. The number of hydrogen-bond donors (Lipinski definition) is 0. The smallest absolute Gasteiger partial charge is 0.333 e. The summed E-state index contributed by atoms with van der Waals surface area (Å²) >= 11 is 0. The van der Waals surface area contributed by atoms with E-state index in [2.05, 4.69) is 67.4 Å². The van der Waals surface area contributed by atoms with Gasteiger partial charge in [0.15, 0.2) is 6.10 Å². The highest BCUT2D eigenvalue weighted by Gasteiger charge is 2.18. The van der Waals surface area contributed by atoms with E-state index >= 15 is 0 Å². The van der Waals surface area contributed by atoms with E-state index in [9.17, 15) is 9.59 Å². The number of carbonyl (C=O) groups is 2. The Hall–Kier alpha value is -5.10. The van der Waals surface area contributed by atoms with Crippen LogP contribution >= 0.6 is 0 Å². The summed E-state index contributed by atoms with van der Waals surface area (Å²) in [5.74, 6) is -0.601. The van der Waals surface area contributed by atoms with Gasteiger partial charge in [-0.3, -0.25) is 0 Å². The number of aryl methyl sites for hydroxylation is 1. The molecular weight excluding hydrogens is 514 g/mol. The van der Waals surface area contributed by atoms with Gasteiger partial charge in [0, 0.05) is 28.7 Å². The third-order valence-corrected chi connectivity index (χ3v) is 6.29. The number of hydrogen-bond acceptors (Lipinski definition) is 6. The molecule has 6 nitrogen and oxygen atoms in total. The minimum atomic E-state index is -0.796. The maximum atomic E-state index is 11.7. The molecule has 0 radical (unpaired) electrons. The molecule has 208 valence electrons. The Morgan fingerprint density at radius 2 is 1.41 bits per heavy atom. The molecule has 0 aliphatic carbocycles. The molecule has 0 saturated heterocycles. The maximum Gasteiger partial charge on any atom is 0.333 e. The van der Waals surface area contributed by atoms with E-state index in [4.69, 9.17) is 14.2 Å². The van der Waals surface area contributed by atoms with E-state index in [1.54, 1.807) is 6.92 Å². The van der Waals surface area contributed by atoms with Crippen molar-refractivity contribution in [2.24, 2.45) is 0 Å². The lowest BCUT2D eigenvalue weighted by molar-refractivity contribution is -0.154. The van der Waals surface area contributed by atoms with Crippen LogP contribution < -0.4 is 9.64 Å². The van der Waals surface area contributed by atoms with E-state index in [1.165, 1.54) is 0 Å². The van der Waals surface area contributed by atoms with Crippen LogP contribution in [0.1, 0.15) is 12.5 Å². The third-order valence-electron chi connectivity index (χ3n) is 6.29. The first kappa shape index (κ1) is 28.9. The Kier molecular flexibility index (Phi) is 9.73. The first-order chi connectivity index (χ1) is 19.9. The van der Waals surface area contributed by atoms with Gasteiger partial charge in [0.2, 0.25) is 0 Å². The fourth-order valence-corrected chi connectivity index (χ4v) is 4.22. The third kappa shape index (κ3) is 7.73. The van der Waals surface area contributed by atoms with Crippen molar-refractivity contribution in [1.29, 1.82) is 0 Å². The van der Waals surface area contributed by atoms with Crippen LogP contribution in [-0.4, -0.2) is 31.3 Å². The van der Waals surface area contributed by atoms with Gasteiger partial charge in [0.25, 0.3) is 0 Å². The van der Waals surface area contributed by atoms with Gasteiger partial charge in [-0.2, -0.15) is 0 Å². The van der Waals surface area contributed by atoms with Gasteiger partial charge in [-0.15, -0.1) is 0 Å². The van der Waals surface area contributed by atoms with E-state index in [0.29, 0.717) is 5.75 Å². The molecule has 0 aliphatic rings. The van der Waals surface area contributed by atoms with E-state index in [1.807, 2.05) is 60.7 Å². The first-order valence-electron chi connectivity index (χ1n) is 13.3. The van der Waals surface area contributed by atoms with Gasteiger partial charge in [0.05, 0.1) is 0 Å². The van der Waals surface area contributed by atoms with Gasteiger partial charge in [0.1, 0.15) is 19.0 Å². The summed E-state index contributed by atoms with van der Waals surface area (Å²) in [4.78, 5) is 25.7. The molecule has 0 amide bonds. The van der Waals surface area contributed by atoms with Crippen LogP contribution in [-0.2, 0) is 19.1 Å². The van der Waals surface area contributed by atoms with Crippen molar-refractivity contribution in [2.45, 2.75) is 20.0 Å². The molecule has 0 bridgehead atoms. The number of benzene rings is 4. The summed E-state index contributed by atoms with van der Waals surface area (Å²) in [6.45, 7) is 10.5. The van der Waals surface area contributed by atoms with Crippen molar-refractivity contribution >= 4 is 29.0 Å². The van der Waals surface area contributed by atoms with Crippen LogP contribution in [0.2, 0.25) is 0 Å². The number of rotatable bonds is 12. The largest absolute Gasteiger partial charge is 0.490 e. The van der Waals surface area contributed by atoms with E-state index in [0.717, 1.165) is 39.8 Å². The van der Waals surface area contributed by atoms with Gasteiger partial charge in [-0.25, -0.2) is 9.59 Å². The normalized spacial score (nSPS) is 11.2. The van der Waals surface area contributed by atoms with Crippen LogP contribution in [0.15, 0.2) is 128 Å². The summed E-state index contributed by atoms with van der Waals surface area (Å²) in [6, 6.07) is 34.7. The average Bonchev–Trinajstić information content (AvgIpc) is 3.00. The zero-order chi connectivity index (χ0) is 29.2. The molecule has 0 N–H and O–H groups in total. The van der Waals surface area contributed by atoms with Crippen molar-refractivity contribution in [3.8, 4) is 16.9 Å². The van der Waals surface area contributed by atoms with Crippen LogP contribution in [0.5, 0.6) is 5.75 Å². The quantitative estimate of drug-likeness (QED) is 0.134. The molecule has 4 aromatic carbocycles. The predicted octanol–water partition coefficient (Wildman–Crippen LogP) is 7.73. The molecule has 0 aliphatic heterocycles. The van der Waals surface area contributed by atoms with Crippen molar-refractivity contribution in [1.82, 2.24) is 0 Å². The van der Waals surface area contributed by atoms with Gasteiger partial charge >= 0.3 is 11.9 Å². The van der Waals surface area contributed by atoms with E-state index in [-0.39, 0.29) is 18.8 Å². The average molecular weight is 548 g/mol. The van der Waals surface area contributed by atoms with Crippen LogP contribution in [0.4, 0.5) is 17.1 Å². The molecular formula is C35H33NO5. The highest BCUT2D eigenvalue weighted by Crippen LogP contribution is 2.37. The Morgan fingerprint density at radius 3 is 1.95 bits per heavy atom. The number of anilines is 3. The second kappa shape index (κ2) is 13.8. The monoisotopic (exact) mass is 547 g/mol. The van der Waals surface area contributed by atoms with E-state index < -0.39 is 18.0 Å². The molecule has 1 atom stereocenters. The fourth-order valence-electron chi connectivity index (χ4n) is 4.22. The summed E-state index contributed by atoms with van der Waals surface area (Å²) in [7, 11) is 0. The van der Waals surface area contributed by atoms with Crippen LogP contribution in [0.25, 0.3) is 11.1 Å². The second-order valence-electron chi connectivity index (χ2n) is 9.48. The molecule has 4 aromatic rings. The number of esters is 2. The van der Waals surface area contributed by atoms with Gasteiger partial charge in [-0.05, 0) is 79.1 Å². The van der Waals surface area contributed by atoms with Crippen molar-refractivity contribution < 1.29 is 23.8 Å². The van der Waals surface area contributed by atoms with Crippen molar-refractivity contribution in [2.75, 3.05) is 18.1 Å². The molecule has 4 rings (SSSR count). The molecule has 0 fully saturated rings. The lowest BCUT2D eigenvalue weighted by Gasteiger charge is -2.27. The standard InChI is InChI=1S/C35H33NO5/c1-5-34(37)41-32(24-40-35(38)25(2)3)23-39-31-19-16-27(17-20-31)28-18-21-33(26(4)22-28)36(29-12-8-6-9-13-29)30-14-10-7-11-15-30/h5-22,32H,1-2,23-24H2,3-4H3. The Bertz CT molecular complexity index is 1460. The summed E-state index contributed by atoms with van der Waals surface area (Å²) in [5.41, 5.74) is 6.76. The lowest BCUT2D eigenvalue weighted by Crippen LogP contribution is -2.30. The van der Waals surface area contributed by atoms with Crippen molar-refractivity contribution in [3.63, 3.8) is 0 Å². The van der Waals surface area contributed by atoms with Crippen LogP contribution in [0, 0.1) is 6.92 Å². The molecule has 0 heterocycles. The summed E-state index contributed by atoms with van der Waals surface area (Å²) < 4.78 is 16.2. The highest BCUT2D eigenvalue weighted by molar-refractivity contribution is 5.87. The van der Waals surface area contributed by atoms with Crippen molar-refractivity contribution in [3.05, 3.63) is 133 Å². The lowest BCUT2D eigenvalue weighted by atomic mass is 10.0. The van der Waals surface area contributed by atoms with Crippen LogP contribution in [0.3, 0.4) is 0 Å². The number of para-hydroxylation sites is 2. The zero-order valence-electron chi connectivity index (χ0n) is 23.3. The fraction of sp³-hybridized carbons (Fsp3) is 0.143.